The molecule has 1 nitrogen and oxygen atoms in total. The molecule has 0 saturated heterocycles. The minimum atomic E-state index is 0.591. The third-order valence-electron chi connectivity index (χ3n) is 3.20. The topological polar surface area (TPSA) is 3.24 Å². The van der Waals surface area contributed by atoms with Crippen LogP contribution in [0.25, 0.3) is 0 Å². The van der Waals surface area contributed by atoms with Gasteiger partial charge in [0.25, 0.3) is 0 Å². The number of alkyl halides is 1. The lowest BCUT2D eigenvalue weighted by Gasteiger charge is -2.26. The Bertz CT molecular complexity index is 376. The maximum atomic E-state index is 6.04. The van der Waals surface area contributed by atoms with Gasteiger partial charge in [0.15, 0.2) is 0 Å². The fourth-order valence-corrected chi connectivity index (χ4v) is 2.71. The predicted molar refractivity (Wildman–Crippen MR) is 78.9 cm³/mol. The number of benzene rings is 1. The van der Waals surface area contributed by atoms with Gasteiger partial charge in [-0.25, -0.2) is 0 Å². The molecule has 1 aromatic carbocycles. The second-order valence-corrected chi connectivity index (χ2v) is 5.98. The highest BCUT2D eigenvalue weighted by atomic mass is 79.9. The molecular weight excluding hydrogens is 298 g/mol. The summed E-state index contributed by atoms with van der Waals surface area (Å²) in [5, 5.41) is 0. The van der Waals surface area contributed by atoms with E-state index >= 15 is 0 Å². The van der Waals surface area contributed by atoms with E-state index in [4.69, 9.17) is 11.6 Å². The van der Waals surface area contributed by atoms with E-state index < -0.39 is 0 Å². The van der Waals surface area contributed by atoms with Gasteiger partial charge in [-0.1, -0.05) is 28.9 Å². The molecule has 0 bridgehead atoms. The Morgan fingerprint density at radius 1 is 1.41 bits per heavy atom. The third-order valence-corrected chi connectivity index (χ3v) is 3.98. The predicted octanol–water partition coefficient (Wildman–Crippen LogP) is 4.81. The van der Waals surface area contributed by atoms with Gasteiger partial charge in [0.05, 0.1) is 0 Å². The summed E-state index contributed by atoms with van der Waals surface area (Å²) >= 11 is 9.60. The first-order chi connectivity index (χ1) is 8.24. The van der Waals surface area contributed by atoms with E-state index in [2.05, 4.69) is 46.0 Å². The molecule has 0 N–H and O–H groups in total. The van der Waals surface area contributed by atoms with Crippen LogP contribution in [-0.2, 0) is 5.88 Å². The highest BCUT2D eigenvalue weighted by Crippen LogP contribution is 2.34. The average molecular weight is 317 g/mol. The summed E-state index contributed by atoms with van der Waals surface area (Å²) in [4.78, 5) is 2.50. The van der Waals surface area contributed by atoms with Crippen LogP contribution in [0, 0.1) is 5.92 Å². The van der Waals surface area contributed by atoms with Crippen molar-refractivity contribution >= 4 is 33.2 Å². The second-order valence-electron chi connectivity index (χ2n) is 4.80. The maximum absolute atomic E-state index is 6.04. The summed E-state index contributed by atoms with van der Waals surface area (Å²) < 4.78 is 1.14. The van der Waals surface area contributed by atoms with Crippen molar-refractivity contribution in [2.45, 2.75) is 32.1 Å². The summed E-state index contributed by atoms with van der Waals surface area (Å²) in [5.41, 5.74) is 2.55. The molecule has 3 heteroatoms. The molecule has 1 aromatic rings. The first-order valence-corrected chi connectivity index (χ1v) is 7.66. The Hall–Kier alpha value is -0.210. The van der Waals surface area contributed by atoms with E-state index in [1.54, 1.807) is 0 Å². The molecule has 0 atom stereocenters. The number of halogens is 2. The molecule has 0 amide bonds. The van der Waals surface area contributed by atoms with Crippen LogP contribution in [-0.4, -0.2) is 13.1 Å². The fourth-order valence-electron chi connectivity index (χ4n) is 2.14. The van der Waals surface area contributed by atoms with Crippen LogP contribution < -0.4 is 4.90 Å². The highest BCUT2D eigenvalue weighted by molar-refractivity contribution is 9.10. The smallest absolute Gasteiger partial charge is 0.0494 e. The SMILES string of the molecule is CCCN(CC1CC1)c1cc(Br)ccc1CCl. The van der Waals surface area contributed by atoms with Crippen LogP contribution in [0.1, 0.15) is 31.7 Å². The van der Waals surface area contributed by atoms with Gasteiger partial charge >= 0.3 is 0 Å². The van der Waals surface area contributed by atoms with Crippen LogP contribution in [0.3, 0.4) is 0 Å². The molecule has 1 fully saturated rings. The van der Waals surface area contributed by atoms with Gasteiger partial charge in [0, 0.05) is 29.1 Å². The number of hydrogen-bond acceptors (Lipinski definition) is 1. The van der Waals surface area contributed by atoms with Crippen molar-refractivity contribution in [2.24, 2.45) is 5.92 Å². The van der Waals surface area contributed by atoms with Crippen LogP contribution in [0.5, 0.6) is 0 Å². The summed E-state index contributed by atoms with van der Waals surface area (Å²) in [6.45, 7) is 4.54. The van der Waals surface area contributed by atoms with Crippen molar-refractivity contribution < 1.29 is 0 Å². The molecule has 1 aliphatic carbocycles. The lowest BCUT2D eigenvalue weighted by atomic mass is 10.1. The minimum Gasteiger partial charge on any atom is -0.371 e. The van der Waals surface area contributed by atoms with Gasteiger partial charge in [-0.05, 0) is 42.9 Å². The van der Waals surface area contributed by atoms with Gasteiger partial charge < -0.3 is 4.90 Å². The van der Waals surface area contributed by atoms with Crippen LogP contribution in [0.2, 0.25) is 0 Å². The summed E-state index contributed by atoms with van der Waals surface area (Å²) in [6.07, 6.45) is 3.97. The lowest BCUT2D eigenvalue weighted by Crippen LogP contribution is -2.27. The van der Waals surface area contributed by atoms with E-state index in [0.29, 0.717) is 5.88 Å². The molecule has 0 unspecified atom stereocenters. The Morgan fingerprint density at radius 3 is 2.76 bits per heavy atom. The van der Waals surface area contributed by atoms with Crippen LogP contribution >= 0.6 is 27.5 Å². The molecule has 1 aliphatic rings. The Morgan fingerprint density at radius 2 is 2.18 bits per heavy atom. The number of anilines is 1. The average Bonchev–Trinajstić information content (AvgIpc) is 3.12. The van der Waals surface area contributed by atoms with Crippen LogP contribution in [0.15, 0.2) is 22.7 Å². The molecule has 94 valence electrons. The van der Waals surface area contributed by atoms with Crippen molar-refractivity contribution in [1.82, 2.24) is 0 Å². The Labute approximate surface area is 117 Å². The zero-order chi connectivity index (χ0) is 12.3. The van der Waals surface area contributed by atoms with E-state index in [0.717, 1.165) is 16.9 Å². The second kappa shape index (κ2) is 6.10. The first-order valence-electron chi connectivity index (χ1n) is 6.34. The molecule has 0 aromatic heterocycles. The van der Waals surface area contributed by atoms with Crippen molar-refractivity contribution in [3.8, 4) is 0 Å². The van der Waals surface area contributed by atoms with E-state index in [1.807, 2.05) is 0 Å². The summed E-state index contributed by atoms with van der Waals surface area (Å²) in [7, 11) is 0. The van der Waals surface area contributed by atoms with E-state index in [-0.39, 0.29) is 0 Å². The van der Waals surface area contributed by atoms with E-state index in [9.17, 15) is 0 Å². The molecule has 0 spiro atoms. The molecule has 0 heterocycles. The maximum Gasteiger partial charge on any atom is 0.0494 e. The zero-order valence-corrected chi connectivity index (χ0v) is 12.6. The molecule has 0 aliphatic heterocycles. The summed E-state index contributed by atoms with van der Waals surface area (Å²) in [5.74, 6) is 1.50. The van der Waals surface area contributed by atoms with Gasteiger partial charge in [-0.15, -0.1) is 11.6 Å². The summed E-state index contributed by atoms with van der Waals surface area (Å²) in [6, 6.07) is 6.40. The van der Waals surface area contributed by atoms with Crippen molar-refractivity contribution in [1.29, 1.82) is 0 Å². The quantitative estimate of drug-likeness (QED) is 0.680. The van der Waals surface area contributed by atoms with Gasteiger partial charge in [-0.3, -0.25) is 0 Å². The van der Waals surface area contributed by atoms with Gasteiger partial charge in [-0.2, -0.15) is 0 Å². The molecule has 1 saturated carbocycles. The van der Waals surface area contributed by atoms with Gasteiger partial charge in [0.1, 0.15) is 0 Å². The van der Waals surface area contributed by atoms with Crippen LogP contribution in [0.4, 0.5) is 5.69 Å². The number of hydrogen-bond donors (Lipinski definition) is 0. The Balaban J connectivity index is 2.22. The Kier molecular flexibility index (Phi) is 4.75. The fraction of sp³-hybridized carbons (Fsp3) is 0.571. The zero-order valence-electron chi connectivity index (χ0n) is 10.3. The van der Waals surface area contributed by atoms with E-state index in [1.165, 1.54) is 37.1 Å². The first kappa shape index (κ1) is 13.2. The standard InChI is InChI=1S/C14H19BrClN/c1-2-7-17(10-11-3-4-11)14-8-13(15)6-5-12(14)9-16/h5-6,8,11H,2-4,7,9-10H2,1H3. The number of nitrogens with zero attached hydrogens (tertiary/aromatic N) is 1. The number of rotatable bonds is 6. The van der Waals surface area contributed by atoms with Crippen molar-refractivity contribution in [2.75, 3.05) is 18.0 Å². The third kappa shape index (κ3) is 3.62. The molecular formula is C14H19BrClN. The minimum absolute atomic E-state index is 0.591. The van der Waals surface area contributed by atoms with Crippen molar-refractivity contribution in [3.63, 3.8) is 0 Å². The van der Waals surface area contributed by atoms with Crippen molar-refractivity contribution in [3.05, 3.63) is 28.2 Å². The monoisotopic (exact) mass is 315 g/mol. The lowest BCUT2D eigenvalue weighted by molar-refractivity contribution is 0.706. The largest absolute Gasteiger partial charge is 0.371 e. The highest BCUT2D eigenvalue weighted by Gasteiger charge is 2.25. The molecule has 17 heavy (non-hydrogen) atoms. The normalized spacial score (nSPS) is 15.0. The molecule has 0 radical (unpaired) electrons. The van der Waals surface area contributed by atoms with Gasteiger partial charge in [0.2, 0.25) is 0 Å². The molecule has 2 rings (SSSR count).